The Kier molecular flexibility index (Phi) is 7.28. The molecule has 0 spiro atoms. The molecule has 0 bridgehead atoms. The van der Waals surface area contributed by atoms with Gasteiger partial charge in [0, 0.05) is 17.7 Å². The van der Waals surface area contributed by atoms with Crippen LogP contribution in [0.4, 0.5) is 5.69 Å². The molecule has 34 heavy (non-hydrogen) atoms. The minimum atomic E-state index is -0.0474. The minimum Gasteiger partial charge on any atom is -0.497 e. The quantitative estimate of drug-likeness (QED) is 0.330. The first-order valence-electron chi connectivity index (χ1n) is 11.4. The number of para-hydroxylation sites is 1. The van der Waals surface area contributed by atoms with Crippen LogP contribution in [0, 0.1) is 6.92 Å². The smallest absolute Gasteiger partial charge is 0.226 e. The number of nitrogens with zero attached hydrogens (tertiary/aromatic N) is 2. The predicted molar refractivity (Wildman–Crippen MR) is 134 cm³/mol. The van der Waals surface area contributed by atoms with Gasteiger partial charge in [0.15, 0.2) is 0 Å². The number of ether oxygens (including phenoxy) is 2. The van der Waals surface area contributed by atoms with Crippen molar-refractivity contribution in [3.05, 3.63) is 95.7 Å². The SMILES string of the molecule is CCc1nn(-c2ccc(OC)cc2)c(Oc2ccccc2)c1CCC(=O)Nc1ccc(C)cc1. The number of aryl methyl sites for hydroxylation is 2. The van der Waals surface area contributed by atoms with Gasteiger partial charge in [-0.05, 0) is 68.3 Å². The molecule has 6 heteroatoms. The Bertz CT molecular complexity index is 1230. The van der Waals surface area contributed by atoms with E-state index in [-0.39, 0.29) is 5.91 Å². The van der Waals surface area contributed by atoms with Crippen molar-refractivity contribution < 1.29 is 14.3 Å². The number of hydrogen-bond acceptors (Lipinski definition) is 4. The maximum absolute atomic E-state index is 12.7. The number of benzene rings is 3. The van der Waals surface area contributed by atoms with Gasteiger partial charge in [-0.25, -0.2) is 4.68 Å². The fourth-order valence-corrected chi connectivity index (χ4v) is 3.72. The first-order valence-corrected chi connectivity index (χ1v) is 11.4. The Balaban J connectivity index is 1.63. The molecule has 4 aromatic rings. The molecule has 0 unspecified atom stereocenters. The average Bonchev–Trinajstić information content (AvgIpc) is 3.22. The topological polar surface area (TPSA) is 65.4 Å². The van der Waals surface area contributed by atoms with Crippen LogP contribution in [0.3, 0.4) is 0 Å². The van der Waals surface area contributed by atoms with Gasteiger partial charge in [0.25, 0.3) is 0 Å². The second-order valence-corrected chi connectivity index (χ2v) is 8.02. The van der Waals surface area contributed by atoms with Crippen LogP contribution >= 0.6 is 0 Å². The van der Waals surface area contributed by atoms with Gasteiger partial charge in [0.1, 0.15) is 11.5 Å². The maximum atomic E-state index is 12.7. The number of nitrogens with one attached hydrogen (secondary N) is 1. The standard InChI is InChI=1S/C28H29N3O3/c1-4-26-25(18-19-27(32)29-21-12-10-20(2)11-13-21)28(34-24-8-6-5-7-9-24)31(30-26)22-14-16-23(33-3)17-15-22/h5-17H,4,18-19H2,1-3H3,(H,29,32). The highest BCUT2D eigenvalue weighted by Gasteiger charge is 2.21. The lowest BCUT2D eigenvalue weighted by Crippen LogP contribution is -2.12. The highest BCUT2D eigenvalue weighted by Crippen LogP contribution is 2.32. The zero-order chi connectivity index (χ0) is 23.9. The summed E-state index contributed by atoms with van der Waals surface area (Å²) >= 11 is 0. The lowest BCUT2D eigenvalue weighted by molar-refractivity contribution is -0.116. The number of aromatic nitrogens is 2. The molecule has 0 saturated carbocycles. The normalized spacial score (nSPS) is 10.7. The zero-order valence-electron chi connectivity index (χ0n) is 19.7. The van der Waals surface area contributed by atoms with Crippen molar-refractivity contribution in [2.45, 2.75) is 33.1 Å². The number of carbonyl (C=O) groups excluding carboxylic acids is 1. The Morgan fingerprint density at radius 1 is 0.941 bits per heavy atom. The van der Waals surface area contributed by atoms with E-state index in [1.54, 1.807) is 11.8 Å². The summed E-state index contributed by atoms with van der Waals surface area (Å²) in [5, 5.41) is 7.82. The zero-order valence-corrected chi connectivity index (χ0v) is 19.7. The van der Waals surface area contributed by atoms with Gasteiger partial charge in [0.05, 0.1) is 18.5 Å². The van der Waals surface area contributed by atoms with Crippen molar-refractivity contribution in [1.82, 2.24) is 9.78 Å². The number of carbonyl (C=O) groups is 1. The van der Waals surface area contributed by atoms with E-state index in [9.17, 15) is 4.79 Å². The van der Waals surface area contributed by atoms with Gasteiger partial charge in [-0.1, -0.05) is 42.8 Å². The number of rotatable bonds is 9. The van der Waals surface area contributed by atoms with Gasteiger partial charge in [-0.15, -0.1) is 0 Å². The monoisotopic (exact) mass is 455 g/mol. The summed E-state index contributed by atoms with van der Waals surface area (Å²) in [5.74, 6) is 2.06. The fourth-order valence-electron chi connectivity index (χ4n) is 3.72. The van der Waals surface area contributed by atoms with E-state index in [2.05, 4.69) is 12.2 Å². The third-order valence-corrected chi connectivity index (χ3v) is 5.57. The van der Waals surface area contributed by atoms with Crippen molar-refractivity contribution in [2.24, 2.45) is 0 Å². The molecule has 6 nitrogen and oxygen atoms in total. The van der Waals surface area contributed by atoms with Crippen LogP contribution in [0.15, 0.2) is 78.9 Å². The van der Waals surface area contributed by atoms with Crippen LogP contribution in [0.5, 0.6) is 17.4 Å². The molecular weight excluding hydrogens is 426 g/mol. The highest BCUT2D eigenvalue weighted by atomic mass is 16.5. The van der Waals surface area contributed by atoms with Gasteiger partial charge in [0.2, 0.25) is 11.8 Å². The summed E-state index contributed by atoms with van der Waals surface area (Å²) in [6.07, 6.45) is 1.56. The van der Waals surface area contributed by atoms with E-state index in [0.717, 1.165) is 40.4 Å². The molecule has 1 aromatic heterocycles. The Hall–Kier alpha value is -4.06. The van der Waals surface area contributed by atoms with E-state index in [1.165, 1.54) is 0 Å². The first kappa shape index (κ1) is 23.1. The summed E-state index contributed by atoms with van der Waals surface area (Å²) in [6.45, 7) is 4.08. The Labute approximate surface area is 200 Å². The Morgan fingerprint density at radius 3 is 2.29 bits per heavy atom. The summed E-state index contributed by atoms with van der Waals surface area (Å²) in [7, 11) is 1.64. The third kappa shape index (κ3) is 5.46. The van der Waals surface area contributed by atoms with Crippen LogP contribution in [0.2, 0.25) is 0 Å². The van der Waals surface area contributed by atoms with Gasteiger partial charge in [-0.2, -0.15) is 5.10 Å². The molecule has 1 N–H and O–H groups in total. The lowest BCUT2D eigenvalue weighted by Gasteiger charge is -2.12. The van der Waals surface area contributed by atoms with Crippen LogP contribution in [-0.2, 0) is 17.6 Å². The van der Waals surface area contributed by atoms with E-state index in [1.807, 2.05) is 85.8 Å². The third-order valence-electron chi connectivity index (χ3n) is 5.57. The number of amides is 1. The van der Waals surface area contributed by atoms with E-state index >= 15 is 0 Å². The molecule has 0 atom stereocenters. The van der Waals surface area contributed by atoms with E-state index in [0.29, 0.717) is 24.5 Å². The second-order valence-electron chi connectivity index (χ2n) is 8.02. The second kappa shape index (κ2) is 10.7. The predicted octanol–water partition coefficient (Wildman–Crippen LogP) is 6.12. The first-order chi connectivity index (χ1) is 16.6. The molecule has 0 aliphatic carbocycles. The van der Waals surface area contributed by atoms with Crippen molar-refractivity contribution in [3.63, 3.8) is 0 Å². The average molecular weight is 456 g/mol. The largest absolute Gasteiger partial charge is 0.497 e. The van der Waals surface area contributed by atoms with Gasteiger partial charge < -0.3 is 14.8 Å². The molecule has 0 fully saturated rings. The van der Waals surface area contributed by atoms with Gasteiger partial charge >= 0.3 is 0 Å². The molecule has 0 aliphatic heterocycles. The molecular formula is C28H29N3O3. The summed E-state index contributed by atoms with van der Waals surface area (Å²) in [4.78, 5) is 12.7. The van der Waals surface area contributed by atoms with E-state index < -0.39 is 0 Å². The van der Waals surface area contributed by atoms with Crippen molar-refractivity contribution in [1.29, 1.82) is 0 Å². The lowest BCUT2D eigenvalue weighted by atomic mass is 10.1. The van der Waals surface area contributed by atoms with Crippen molar-refractivity contribution in [3.8, 4) is 23.1 Å². The molecule has 1 amide bonds. The molecule has 3 aromatic carbocycles. The molecule has 0 saturated heterocycles. The molecule has 0 radical (unpaired) electrons. The number of anilines is 1. The Morgan fingerprint density at radius 2 is 1.65 bits per heavy atom. The summed E-state index contributed by atoms with van der Waals surface area (Å²) in [6, 6.07) is 25.1. The van der Waals surface area contributed by atoms with Crippen molar-refractivity contribution >= 4 is 11.6 Å². The number of hydrogen-bond donors (Lipinski definition) is 1. The van der Waals surface area contributed by atoms with Crippen LogP contribution < -0.4 is 14.8 Å². The summed E-state index contributed by atoms with van der Waals surface area (Å²) < 4.78 is 13.4. The van der Waals surface area contributed by atoms with Crippen LogP contribution in [0.25, 0.3) is 5.69 Å². The fraction of sp³-hybridized carbons (Fsp3) is 0.214. The molecule has 0 aliphatic rings. The molecule has 174 valence electrons. The van der Waals surface area contributed by atoms with Gasteiger partial charge in [-0.3, -0.25) is 4.79 Å². The molecule has 4 rings (SSSR count). The van der Waals surface area contributed by atoms with Crippen LogP contribution in [0.1, 0.15) is 30.2 Å². The summed E-state index contributed by atoms with van der Waals surface area (Å²) in [5.41, 5.74) is 4.64. The molecule has 1 heterocycles. The minimum absolute atomic E-state index is 0.0474. The van der Waals surface area contributed by atoms with Crippen molar-refractivity contribution in [2.75, 3.05) is 12.4 Å². The van der Waals surface area contributed by atoms with Crippen LogP contribution in [-0.4, -0.2) is 22.8 Å². The number of methoxy groups -OCH3 is 1. The maximum Gasteiger partial charge on any atom is 0.226 e. The highest BCUT2D eigenvalue weighted by molar-refractivity contribution is 5.90. The van der Waals surface area contributed by atoms with E-state index in [4.69, 9.17) is 14.6 Å².